The monoisotopic (exact) mass is 756 g/mol. The second kappa shape index (κ2) is 12.8. The van der Waals surface area contributed by atoms with Gasteiger partial charge in [-0.2, -0.15) is 0 Å². The molecule has 1 aromatic rings. The van der Waals surface area contributed by atoms with Crippen LogP contribution in [-0.2, 0) is 14.3 Å². The maximum atomic E-state index is 14.5. The highest BCUT2D eigenvalue weighted by Gasteiger charge is 2.69. The van der Waals surface area contributed by atoms with Gasteiger partial charge in [0.2, 0.25) is 5.91 Å². The highest BCUT2D eigenvalue weighted by molar-refractivity contribution is 9.10. The SMILES string of the molecule is CCCCCC(=O)OC1CC[C@@]2(C)C(CC[C@]3(C)C2CC=C2C4CC(C)(C)CCC4(C(=O)Nc4nc(Br)c(C(C)=O)s4)CC[C@]23C)C1(C)C. The maximum Gasteiger partial charge on any atom is 0.306 e. The number of halogens is 1. The highest BCUT2D eigenvalue weighted by Crippen LogP contribution is 2.76. The Morgan fingerprint density at radius 1 is 0.959 bits per heavy atom. The lowest BCUT2D eigenvalue weighted by atomic mass is 9.33. The predicted molar refractivity (Wildman–Crippen MR) is 202 cm³/mol. The van der Waals surface area contributed by atoms with Gasteiger partial charge in [-0.05, 0) is 126 Å². The number of carbonyl (C=O) groups excluding carboxylic acids is 3. The summed E-state index contributed by atoms with van der Waals surface area (Å²) in [6, 6.07) is 0. The number of hydrogen-bond donors (Lipinski definition) is 1. The zero-order chi connectivity index (χ0) is 35.8. The number of Topliss-reactive ketones (excluding diaryl/α,β-unsaturated/α-hetero) is 1. The third-order valence-corrected chi connectivity index (χ3v) is 17.3. The van der Waals surface area contributed by atoms with Crippen LogP contribution in [0.2, 0.25) is 0 Å². The van der Waals surface area contributed by atoms with E-state index in [-0.39, 0.29) is 56.8 Å². The molecule has 0 bridgehead atoms. The molecule has 1 aromatic heterocycles. The summed E-state index contributed by atoms with van der Waals surface area (Å²) in [6.45, 7) is 21.0. The molecule has 5 aliphatic carbocycles. The fourth-order valence-electron chi connectivity index (χ4n) is 12.4. The summed E-state index contributed by atoms with van der Waals surface area (Å²) >= 11 is 4.70. The van der Waals surface area contributed by atoms with Gasteiger partial charge in [0.1, 0.15) is 15.6 Å². The molecule has 4 fully saturated rings. The lowest BCUT2D eigenvalue weighted by Crippen LogP contribution is -2.65. The van der Waals surface area contributed by atoms with Gasteiger partial charge in [-0.15, -0.1) is 0 Å². The second-order valence-electron chi connectivity index (χ2n) is 18.8. The summed E-state index contributed by atoms with van der Waals surface area (Å²) in [6.07, 6.45) is 16.5. The first kappa shape index (κ1) is 37.2. The van der Waals surface area contributed by atoms with Crippen LogP contribution in [0, 0.1) is 50.2 Å². The number of nitrogens with one attached hydrogen (secondary N) is 1. The molecular formula is C41H61BrN2O4S. The lowest BCUT2D eigenvalue weighted by Gasteiger charge is -2.71. The molecule has 1 N–H and O–H groups in total. The molecule has 5 unspecified atom stereocenters. The third kappa shape index (κ3) is 5.93. The topological polar surface area (TPSA) is 85.4 Å². The van der Waals surface area contributed by atoms with Gasteiger partial charge < -0.3 is 10.1 Å². The number of unbranched alkanes of at least 4 members (excludes halogenated alkanes) is 2. The molecule has 272 valence electrons. The Labute approximate surface area is 307 Å². The molecule has 6 rings (SSSR count). The fraction of sp³-hybridized carbons (Fsp3) is 0.805. The molecule has 49 heavy (non-hydrogen) atoms. The Morgan fingerprint density at radius 3 is 2.35 bits per heavy atom. The average Bonchev–Trinajstić information content (AvgIpc) is 3.38. The zero-order valence-corrected chi connectivity index (χ0v) is 34.1. The number of hydrogen-bond acceptors (Lipinski definition) is 6. The van der Waals surface area contributed by atoms with E-state index in [1.165, 1.54) is 24.7 Å². The van der Waals surface area contributed by atoms with Crippen molar-refractivity contribution in [3.8, 4) is 0 Å². The van der Waals surface area contributed by atoms with Crippen LogP contribution in [0.25, 0.3) is 0 Å². The molecule has 0 aliphatic heterocycles. The highest BCUT2D eigenvalue weighted by atomic mass is 79.9. The maximum absolute atomic E-state index is 14.5. The van der Waals surface area contributed by atoms with Crippen molar-refractivity contribution in [1.29, 1.82) is 0 Å². The zero-order valence-electron chi connectivity index (χ0n) is 31.7. The third-order valence-electron chi connectivity index (χ3n) is 15.4. The van der Waals surface area contributed by atoms with Crippen molar-refractivity contribution in [2.75, 3.05) is 5.32 Å². The van der Waals surface area contributed by atoms with Crippen molar-refractivity contribution >= 4 is 50.1 Å². The normalized spacial score (nSPS) is 38.9. The number of allylic oxidation sites excluding steroid dienone is 2. The van der Waals surface area contributed by atoms with E-state index in [4.69, 9.17) is 4.74 Å². The molecule has 0 saturated heterocycles. The van der Waals surface area contributed by atoms with Crippen molar-refractivity contribution in [3.63, 3.8) is 0 Å². The van der Waals surface area contributed by atoms with Gasteiger partial charge in [0, 0.05) is 18.8 Å². The number of ether oxygens (including phenoxy) is 1. The number of anilines is 1. The predicted octanol–water partition coefficient (Wildman–Crippen LogP) is 11.3. The molecule has 0 aromatic carbocycles. The number of aromatic nitrogens is 1. The van der Waals surface area contributed by atoms with E-state index in [1.807, 2.05) is 0 Å². The number of thiazole rings is 1. The number of ketones is 1. The van der Waals surface area contributed by atoms with Crippen molar-refractivity contribution in [3.05, 3.63) is 21.1 Å². The van der Waals surface area contributed by atoms with Crippen LogP contribution >= 0.6 is 27.3 Å². The van der Waals surface area contributed by atoms with Gasteiger partial charge in [0.15, 0.2) is 10.9 Å². The Hall–Kier alpha value is -1.54. The fourth-order valence-corrected chi connectivity index (χ4v) is 13.9. The van der Waals surface area contributed by atoms with Gasteiger partial charge in [0.25, 0.3) is 0 Å². The first-order valence-corrected chi connectivity index (χ1v) is 20.8. The Kier molecular flexibility index (Phi) is 9.76. The Morgan fingerprint density at radius 2 is 1.67 bits per heavy atom. The molecule has 4 saturated carbocycles. The number of rotatable bonds is 8. The molecule has 0 spiro atoms. The smallest absolute Gasteiger partial charge is 0.306 e. The van der Waals surface area contributed by atoms with Gasteiger partial charge in [-0.3, -0.25) is 14.4 Å². The van der Waals surface area contributed by atoms with E-state index in [1.54, 1.807) is 5.57 Å². The van der Waals surface area contributed by atoms with E-state index >= 15 is 0 Å². The number of fused-ring (bicyclic) bond motifs is 7. The van der Waals surface area contributed by atoms with Crippen LogP contribution in [0.1, 0.15) is 162 Å². The molecule has 1 amide bonds. The van der Waals surface area contributed by atoms with Crippen LogP contribution < -0.4 is 5.32 Å². The molecule has 6 nitrogen and oxygen atoms in total. The Bertz CT molecular complexity index is 1530. The number of amides is 1. The molecule has 1 heterocycles. The first-order chi connectivity index (χ1) is 22.8. The van der Waals surface area contributed by atoms with Gasteiger partial charge in [-0.1, -0.05) is 91.2 Å². The van der Waals surface area contributed by atoms with Gasteiger partial charge in [0.05, 0.1) is 5.41 Å². The summed E-state index contributed by atoms with van der Waals surface area (Å²) in [5.74, 6) is 1.25. The number of carbonyl (C=O) groups is 3. The van der Waals surface area contributed by atoms with E-state index < -0.39 is 5.41 Å². The van der Waals surface area contributed by atoms with Crippen molar-refractivity contribution < 1.29 is 19.1 Å². The largest absolute Gasteiger partial charge is 0.462 e. The minimum Gasteiger partial charge on any atom is -0.462 e. The standard InChI is InChI=1S/C41H61BrN2O4S/c1-10-11-12-13-31(46)48-30-17-18-38(7)28(37(30,5)6)16-19-40(9)29(38)15-14-26-27-24-36(3,4)20-22-41(27,23-21-39(26,40)8)34(47)44-35-43-33(42)32(49-35)25(2)45/h14,27-30H,10-13,15-24H2,1-9H3,(H,43,44,47)/t27?,28?,29?,30?,38-,39+,40+,41?/m0/s1. The number of nitrogens with zero attached hydrogens (tertiary/aromatic N) is 1. The minimum absolute atomic E-state index is 0.0135. The van der Waals surface area contributed by atoms with Gasteiger partial charge >= 0.3 is 5.97 Å². The summed E-state index contributed by atoms with van der Waals surface area (Å²) in [4.78, 5) is 44.7. The molecule has 8 atom stereocenters. The summed E-state index contributed by atoms with van der Waals surface area (Å²) in [7, 11) is 0. The second-order valence-corrected chi connectivity index (χ2v) is 20.6. The average molecular weight is 758 g/mol. The van der Waals surface area contributed by atoms with E-state index in [9.17, 15) is 14.4 Å². The van der Waals surface area contributed by atoms with Crippen LogP contribution in [-0.4, -0.2) is 28.7 Å². The number of esters is 1. The van der Waals surface area contributed by atoms with Crippen molar-refractivity contribution in [2.45, 2.75) is 158 Å². The van der Waals surface area contributed by atoms with Crippen LogP contribution in [0.15, 0.2) is 16.3 Å². The summed E-state index contributed by atoms with van der Waals surface area (Å²) in [5, 5.41) is 3.73. The molecular weight excluding hydrogens is 696 g/mol. The quantitative estimate of drug-likeness (QED) is 0.124. The minimum atomic E-state index is -0.471. The van der Waals surface area contributed by atoms with Crippen molar-refractivity contribution in [2.24, 2.45) is 50.2 Å². The van der Waals surface area contributed by atoms with Crippen molar-refractivity contribution in [1.82, 2.24) is 4.98 Å². The summed E-state index contributed by atoms with van der Waals surface area (Å²) < 4.78 is 6.79. The van der Waals surface area contributed by atoms with Gasteiger partial charge in [-0.25, -0.2) is 4.98 Å². The van der Waals surface area contributed by atoms with E-state index in [0.717, 1.165) is 77.0 Å². The van der Waals surface area contributed by atoms with Crippen LogP contribution in [0.3, 0.4) is 0 Å². The van der Waals surface area contributed by atoms with Crippen LogP contribution in [0.5, 0.6) is 0 Å². The Balaban J connectivity index is 1.30. The molecule has 0 radical (unpaired) electrons. The first-order valence-electron chi connectivity index (χ1n) is 19.2. The van der Waals surface area contributed by atoms with Crippen LogP contribution in [0.4, 0.5) is 5.13 Å². The lowest BCUT2D eigenvalue weighted by molar-refractivity contribution is -0.212. The molecule has 5 aliphatic rings. The summed E-state index contributed by atoms with van der Waals surface area (Å²) in [5.41, 5.74) is 1.48. The van der Waals surface area contributed by atoms with E-state index in [0.29, 0.717) is 32.9 Å². The molecule has 8 heteroatoms. The van der Waals surface area contributed by atoms with E-state index in [2.05, 4.69) is 87.7 Å².